The molecule has 0 unspecified atom stereocenters. The van der Waals surface area contributed by atoms with Crippen LogP contribution in [-0.2, 0) is 16.6 Å². The van der Waals surface area contributed by atoms with Gasteiger partial charge in [-0.1, -0.05) is 6.07 Å². The molecule has 0 radical (unpaired) electrons. The molecule has 0 aliphatic carbocycles. The van der Waals surface area contributed by atoms with Crippen molar-refractivity contribution in [3.63, 3.8) is 0 Å². The second-order valence-corrected chi connectivity index (χ2v) is 9.22. The lowest BCUT2D eigenvalue weighted by molar-refractivity contribution is -0.274. The minimum atomic E-state index is -4.82. The van der Waals surface area contributed by atoms with Crippen LogP contribution < -0.4 is 19.7 Å². The van der Waals surface area contributed by atoms with Crippen LogP contribution in [0.5, 0.6) is 17.2 Å². The summed E-state index contributed by atoms with van der Waals surface area (Å²) in [5.41, 5.74) is 1.58. The molecule has 1 aliphatic rings. The second-order valence-electron chi connectivity index (χ2n) is 7.32. The van der Waals surface area contributed by atoms with Gasteiger partial charge >= 0.3 is 6.36 Å². The number of hydroxylamine groups is 1. The molecule has 10 nitrogen and oxygen atoms in total. The van der Waals surface area contributed by atoms with Crippen molar-refractivity contribution in [1.82, 2.24) is 14.7 Å². The van der Waals surface area contributed by atoms with Gasteiger partial charge in [-0.15, -0.1) is 13.2 Å². The van der Waals surface area contributed by atoms with Gasteiger partial charge in [0.1, 0.15) is 5.56 Å². The van der Waals surface area contributed by atoms with Crippen LogP contribution in [-0.4, -0.2) is 75.5 Å². The molecule has 0 atom stereocenters. The van der Waals surface area contributed by atoms with E-state index in [1.807, 2.05) is 4.90 Å². The third-order valence-electron chi connectivity index (χ3n) is 5.19. The van der Waals surface area contributed by atoms with Crippen molar-refractivity contribution in [2.45, 2.75) is 17.8 Å². The maximum Gasteiger partial charge on any atom is 0.573 e. The number of rotatable bonds is 8. The van der Waals surface area contributed by atoms with E-state index in [0.717, 1.165) is 6.07 Å². The smallest absolute Gasteiger partial charge is 0.493 e. The van der Waals surface area contributed by atoms with E-state index in [1.165, 1.54) is 42.2 Å². The van der Waals surface area contributed by atoms with Gasteiger partial charge in [-0.05, 0) is 30.3 Å². The molecule has 35 heavy (non-hydrogen) atoms. The van der Waals surface area contributed by atoms with Gasteiger partial charge in [0, 0.05) is 38.3 Å². The summed E-state index contributed by atoms with van der Waals surface area (Å²) in [4.78, 5) is 13.8. The topological polar surface area (TPSA) is 118 Å². The first-order chi connectivity index (χ1) is 16.5. The molecule has 2 N–H and O–H groups in total. The zero-order valence-corrected chi connectivity index (χ0v) is 19.5. The van der Waals surface area contributed by atoms with E-state index in [0.29, 0.717) is 25.2 Å². The number of carbonyl (C=O) groups excluding carboxylic acids is 1. The lowest BCUT2D eigenvalue weighted by Gasteiger charge is -2.34. The number of methoxy groups -OCH3 is 2. The van der Waals surface area contributed by atoms with Gasteiger partial charge in [0.2, 0.25) is 10.0 Å². The molecule has 0 aromatic heterocycles. The molecule has 0 saturated carbocycles. The molecule has 1 aliphatic heterocycles. The van der Waals surface area contributed by atoms with Crippen molar-refractivity contribution in [2.75, 3.05) is 40.4 Å². The number of hydrogen-bond donors (Lipinski definition) is 2. The monoisotopic (exact) mass is 517 g/mol. The Balaban J connectivity index is 1.73. The summed E-state index contributed by atoms with van der Waals surface area (Å²) < 4.78 is 78.8. The highest BCUT2D eigenvalue weighted by molar-refractivity contribution is 7.89. The summed E-state index contributed by atoms with van der Waals surface area (Å²) >= 11 is 0. The van der Waals surface area contributed by atoms with Gasteiger partial charge in [0.25, 0.3) is 5.91 Å². The van der Waals surface area contributed by atoms with E-state index in [1.54, 1.807) is 0 Å². The Bertz CT molecular complexity index is 1150. The second kappa shape index (κ2) is 10.6. The summed E-state index contributed by atoms with van der Waals surface area (Å²) in [5, 5.41) is 9.14. The van der Waals surface area contributed by atoms with E-state index < -0.39 is 33.6 Å². The van der Waals surface area contributed by atoms with Crippen molar-refractivity contribution in [3.8, 4) is 17.2 Å². The Labute approximate surface area is 199 Å². The first kappa shape index (κ1) is 26.4. The maximum atomic E-state index is 13.3. The molecule has 0 spiro atoms. The fourth-order valence-electron chi connectivity index (χ4n) is 3.58. The fourth-order valence-corrected chi connectivity index (χ4v) is 5.19. The number of carbonyl (C=O) groups is 1. The van der Waals surface area contributed by atoms with Crippen LogP contribution in [0.2, 0.25) is 0 Å². The Morgan fingerprint density at radius 3 is 2.29 bits per heavy atom. The third-order valence-corrected chi connectivity index (χ3v) is 7.13. The Kier molecular flexibility index (Phi) is 7.96. The highest BCUT2D eigenvalue weighted by Gasteiger charge is 2.35. The first-order valence-electron chi connectivity index (χ1n) is 10.1. The molecule has 1 fully saturated rings. The van der Waals surface area contributed by atoms with E-state index in [2.05, 4.69) is 16.9 Å². The van der Waals surface area contributed by atoms with Crippen LogP contribution in [0.4, 0.5) is 13.2 Å². The van der Waals surface area contributed by atoms with Gasteiger partial charge in [0.05, 0.1) is 19.1 Å². The highest BCUT2D eigenvalue weighted by Crippen LogP contribution is 2.36. The van der Waals surface area contributed by atoms with E-state index >= 15 is 0 Å². The van der Waals surface area contributed by atoms with Crippen molar-refractivity contribution in [2.24, 2.45) is 0 Å². The number of halogens is 3. The first-order valence-corrected chi connectivity index (χ1v) is 11.5. The van der Waals surface area contributed by atoms with Crippen LogP contribution in [0, 0.1) is 12.1 Å². The zero-order valence-electron chi connectivity index (χ0n) is 18.7. The summed E-state index contributed by atoms with van der Waals surface area (Å²) in [5.74, 6) is -1.63. The van der Waals surface area contributed by atoms with E-state index in [4.69, 9.17) is 14.7 Å². The molecule has 2 aromatic carbocycles. The van der Waals surface area contributed by atoms with Crippen molar-refractivity contribution < 1.29 is 45.8 Å². The number of ether oxygens (including phenoxy) is 3. The minimum absolute atomic E-state index is 0.0792. The van der Waals surface area contributed by atoms with Gasteiger partial charge in [-0.25, -0.2) is 13.9 Å². The number of nitrogens with one attached hydrogen (secondary N) is 1. The van der Waals surface area contributed by atoms with Crippen molar-refractivity contribution >= 4 is 15.9 Å². The molecule has 0 bridgehead atoms. The molecule has 14 heteroatoms. The van der Waals surface area contributed by atoms with Gasteiger partial charge in [0.15, 0.2) is 17.2 Å². The number of amides is 1. The zero-order chi connectivity index (χ0) is 25.8. The molecule has 1 saturated heterocycles. The summed E-state index contributed by atoms with van der Waals surface area (Å²) in [6, 6.07) is 10.00. The summed E-state index contributed by atoms with van der Waals surface area (Å²) in [6.45, 7) is 1.09. The van der Waals surface area contributed by atoms with Gasteiger partial charge < -0.3 is 14.2 Å². The number of hydrogen-bond acceptors (Lipinski definition) is 8. The predicted octanol–water partition coefficient (Wildman–Crippen LogP) is 1.83. The molecule has 1 heterocycles. The normalized spacial score (nSPS) is 15.3. The molecule has 3 rings (SSSR count). The molecule has 2 aromatic rings. The standard InChI is InChI=1S/C21H22F3N3O7S/c1-32-16-7-8-17(18(19(16)33-2)20(28)25-29)35(30,31)27-11-9-26(10-12-27)13-14-3-5-15(6-4-14)34-21(22,23)24/h3,5,7-8,29H,9-13H2,1-2H3,(H,25,28). The Morgan fingerprint density at radius 1 is 1.09 bits per heavy atom. The highest BCUT2D eigenvalue weighted by atomic mass is 32.2. The van der Waals surface area contributed by atoms with Crippen LogP contribution in [0.1, 0.15) is 15.9 Å². The van der Waals surface area contributed by atoms with Crippen LogP contribution >= 0.6 is 0 Å². The van der Waals surface area contributed by atoms with Crippen LogP contribution in [0.25, 0.3) is 0 Å². The lowest BCUT2D eigenvalue weighted by Crippen LogP contribution is -2.48. The Hall–Kier alpha value is -3.25. The van der Waals surface area contributed by atoms with Gasteiger partial charge in [-0.3, -0.25) is 14.9 Å². The molecular weight excluding hydrogens is 495 g/mol. The molecular formula is C21H22F3N3O7S. The third kappa shape index (κ3) is 6.06. The number of benzene rings is 1. The average Bonchev–Trinajstić information content (AvgIpc) is 2.83. The summed E-state index contributed by atoms with van der Waals surface area (Å²) in [7, 11) is -1.61. The van der Waals surface area contributed by atoms with Crippen LogP contribution in [0.3, 0.4) is 0 Å². The number of sulfonamides is 1. The summed E-state index contributed by atoms with van der Waals surface area (Å²) in [6.07, 6.45) is -4.82. The van der Waals surface area contributed by atoms with Gasteiger partial charge in [-0.2, -0.15) is 4.31 Å². The van der Waals surface area contributed by atoms with E-state index in [9.17, 15) is 26.4 Å². The Morgan fingerprint density at radius 2 is 1.77 bits per heavy atom. The lowest BCUT2D eigenvalue weighted by atomic mass is 10.1. The quantitative estimate of drug-likeness (QED) is 0.402. The minimum Gasteiger partial charge on any atom is -0.493 e. The van der Waals surface area contributed by atoms with Crippen molar-refractivity contribution in [3.05, 3.63) is 47.5 Å². The largest absolute Gasteiger partial charge is 0.573 e. The van der Waals surface area contributed by atoms with Crippen LogP contribution in [0.15, 0.2) is 29.2 Å². The SMILES string of the molecule is COc1ccc(S(=O)(=O)N2CCN(Cc3c#cc(OC(F)(F)F)cc3)CC2)c(C(=O)NO)c1OC. The number of alkyl halides is 3. The maximum absolute atomic E-state index is 13.3. The number of piperazine rings is 1. The predicted molar refractivity (Wildman–Crippen MR) is 114 cm³/mol. The van der Waals surface area contributed by atoms with E-state index in [-0.39, 0.29) is 29.5 Å². The number of nitrogens with zero attached hydrogens (tertiary/aromatic N) is 2. The molecule has 1 amide bonds. The molecule has 190 valence electrons. The van der Waals surface area contributed by atoms with Crippen molar-refractivity contribution in [1.29, 1.82) is 0 Å². The fraction of sp³-hybridized carbons (Fsp3) is 0.381. The average molecular weight is 517 g/mol.